The van der Waals surface area contributed by atoms with Gasteiger partial charge in [-0.3, -0.25) is 0 Å². The highest BCUT2D eigenvalue weighted by atomic mass is 31.2. The summed E-state index contributed by atoms with van der Waals surface area (Å²) < 4.78 is 14.2. The number of hydroxylamine groups is 2. The maximum absolute atomic E-state index is 14.2. The largest absolute Gasteiger partial charge is 0.318 e. The number of benzene rings is 2. The molecule has 0 amide bonds. The first-order valence-corrected chi connectivity index (χ1v) is 10.2. The molecule has 24 heavy (non-hydrogen) atoms. The maximum Gasteiger partial charge on any atom is 0.122 e. The number of aryl methyl sites for hydroxylation is 1. The van der Waals surface area contributed by atoms with Crippen molar-refractivity contribution in [3.8, 4) is 0 Å². The molecular formula is C20H28NO2P. The third-order valence-corrected chi connectivity index (χ3v) is 8.96. The van der Waals surface area contributed by atoms with Gasteiger partial charge in [0.1, 0.15) is 7.14 Å². The second-order valence-corrected chi connectivity index (χ2v) is 11.0. The predicted molar refractivity (Wildman–Crippen MR) is 102 cm³/mol. The van der Waals surface area contributed by atoms with Crippen LogP contribution in [0.5, 0.6) is 0 Å². The molecule has 0 saturated heterocycles. The summed E-state index contributed by atoms with van der Waals surface area (Å²) >= 11 is 0. The van der Waals surface area contributed by atoms with E-state index in [1.54, 1.807) is 7.05 Å². The second kappa shape index (κ2) is 7.23. The molecule has 2 aromatic carbocycles. The molecule has 4 heteroatoms. The molecule has 0 aliphatic heterocycles. The summed E-state index contributed by atoms with van der Waals surface area (Å²) in [6, 6.07) is 17.4. The fraction of sp³-hybridized carbons (Fsp3) is 0.400. The monoisotopic (exact) mass is 345 g/mol. The van der Waals surface area contributed by atoms with Gasteiger partial charge in [0.2, 0.25) is 0 Å². The van der Waals surface area contributed by atoms with Gasteiger partial charge in [-0.05, 0) is 18.1 Å². The number of nitrogens with zero attached hydrogens (tertiary/aromatic N) is 1. The molecule has 0 aliphatic carbocycles. The van der Waals surface area contributed by atoms with E-state index in [4.69, 9.17) is 0 Å². The lowest BCUT2D eigenvalue weighted by Gasteiger charge is -2.36. The van der Waals surface area contributed by atoms with E-state index in [9.17, 15) is 9.77 Å². The highest BCUT2D eigenvalue weighted by Gasteiger charge is 2.41. The summed E-state index contributed by atoms with van der Waals surface area (Å²) in [6.45, 7) is 8.09. The predicted octanol–water partition coefficient (Wildman–Crippen LogP) is 4.84. The zero-order chi connectivity index (χ0) is 18.0. The zero-order valence-electron chi connectivity index (χ0n) is 15.2. The highest BCUT2D eigenvalue weighted by molar-refractivity contribution is 7.73. The molecule has 1 N–H and O–H groups in total. The van der Waals surface area contributed by atoms with Crippen LogP contribution in [0, 0.1) is 6.92 Å². The van der Waals surface area contributed by atoms with Crippen LogP contribution in [0.2, 0.25) is 0 Å². The SMILES string of the molecule is Cc1ccccc1[P@@](=O)(C[C@@H](c1ccccc1)N(C)O)C(C)(C)C. The van der Waals surface area contributed by atoms with Crippen molar-refractivity contribution in [3.05, 3.63) is 65.7 Å². The van der Waals surface area contributed by atoms with Gasteiger partial charge in [-0.15, -0.1) is 0 Å². The lowest BCUT2D eigenvalue weighted by atomic mass is 10.1. The molecule has 0 radical (unpaired) electrons. The van der Waals surface area contributed by atoms with E-state index in [0.717, 1.165) is 16.4 Å². The Morgan fingerprint density at radius 2 is 1.58 bits per heavy atom. The molecule has 0 heterocycles. The highest BCUT2D eigenvalue weighted by Crippen LogP contribution is 2.59. The molecule has 0 saturated carbocycles. The van der Waals surface area contributed by atoms with Gasteiger partial charge in [0.25, 0.3) is 0 Å². The molecule has 0 bridgehead atoms. The first-order valence-electron chi connectivity index (χ1n) is 8.29. The Morgan fingerprint density at radius 1 is 1.04 bits per heavy atom. The van der Waals surface area contributed by atoms with Crippen molar-refractivity contribution in [1.82, 2.24) is 5.06 Å². The van der Waals surface area contributed by atoms with Gasteiger partial charge in [-0.25, -0.2) is 0 Å². The Hall–Kier alpha value is -1.41. The average molecular weight is 345 g/mol. The van der Waals surface area contributed by atoms with Crippen LogP contribution < -0.4 is 5.30 Å². The Bertz CT molecular complexity index is 720. The van der Waals surface area contributed by atoms with Crippen LogP contribution in [-0.2, 0) is 4.57 Å². The third kappa shape index (κ3) is 3.80. The fourth-order valence-corrected chi connectivity index (χ4v) is 6.43. The van der Waals surface area contributed by atoms with E-state index < -0.39 is 7.14 Å². The van der Waals surface area contributed by atoms with Crippen LogP contribution in [0.1, 0.15) is 37.9 Å². The maximum atomic E-state index is 14.2. The van der Waals surface area contributed by atoms with Crippen molar-refractivity contribution in [3.63, 3.8) is 0 Å². The van der Waals surface area contributed by atoms with Gasteiger partial charge in [-0.2, -0.15) is 5.06 Å². The molecule has 0 spiro atoms. The van der Waals surface area contributed by atoms with Crippen LogP contribution in [-0.4, -0.2) is 28.6 Å². The summed E-state index contributed by atoms with van der Waals surface area (Å²) in [5, 5.41) is 11.9. The van der Waals surface area contributed by atoms with Crippen LogP contribution in [0.3, 0.4) is 0 Å². The van der Waals surface area contributed by atoms with Crippen molar-refractivity contribution < 1.29 is 9.77 Å². The minimum absolute atomic E-state index is 0.309. The Morgan fingerprint density at radius 3 is 2.08 bits per heavy atom. The van der Waals surface area contributed by atoms with Gasteiger partial charge < -0.3 is 9.77 Å². The average Bonchev–Trinajstić information content (AvgIpc) is 2.52. The third-order valence-electron chi connectivity index (χ3n) is 4.65. The van der Waals surface area contributed by atoms with Gasteiger partial charge >= 0.3 is 0 Å². The van der Waals surface area contributed by atoms with Crippen LogP contribution in [0.4, 0.5) is 0 Å². The molecule has 2 rings (SSSR count). The van der Waals surface area contributed by atoms with E-state index in [1.807, 2.05) is 82.3 Å². The molecule has 130 valence electrons. The van der Waals surface area contributed by atoms with Crippen molar-refractivity contribution in [2.24, 2.45) is 0 Å². The Kier molecular flexibility index (Phi) is 5.70. The van der Waals surface area contributed by atoms with Gasteiger partial charge in [0, 0.05) is 23.7 Å². The van der Waals surface area contributed by atoms with E-state index >= 15 is 0 Å². The van der Waals surface area contributed by atoms with E-state index in [1.165, 1.54) is 5.06 Å². The van der Waals surface area contributed by atoms with Crippen molar-refractivity contribution in [2.45, 2.75) is 38.9 Å². The molecule has 2 atom stereocenters. The summed E-state index contributed by atoms with van der Waals surface area (Å²) in [5.74, 6) is 0. The molecule has 2 aromatic rings. The first-order chi connectivity index (χ1) is 11.2. The van der Waals surface area contributed by atoms with Gasteiger partial charge in [-0.1, -0.05) is 75.4 Å². The van der Waals surface area contributed by atoms with Gasteiger partial charge in [0.15, 0.2) is 0 Å². The summed E-state index contributed by atoms with van der Waals surface area (Å²) in [5.41, 5.74) is 2.02. The smallest absolute Gasteiger partial charge is 0.122 e. The summed E-state index contributed by atoms with van der Waals surface area (Å²) in [7, 11) is -1.14. The van der Waals surface area contributed by atoms with E-state index in [-0.39, 0.29) is 11.2 Å². The van der Waals surface area contributed by atoms with Crippen molar-refractivity contribution in [2.75, 3.05) is 13.2 Å². The van der Waals surface area contributed by atoms with Crippen LogP contribution in [0.25, 0.3) is 0 Å². The fourth-order valence-electron chi connectivity index (χ4n) is 3.06. The first kappa shape index (κ1) is 18.9. The van der Waals surface area contributed by atoms with Crippen LogP contribution in [0.15, 0.2) is 54.6 Å². The normalized spacial score (nSPS) is 16.0. The van der Waals surface area contributed by atoms with Gasteiger partial charge in [0.05, 0.1) is 6.04 Å². The second-order valence-electron chi connectivity index (χ2n) is 7.38. The molecular weight excluding hydrogens is 317 g/mol. The minimum atomic E-state index is -2.77. The Labute approximate surface area is 145 Å². The lowest BCUT2D eigenvalue weighted by Crippen LogP contribution is -2.33. The topological polar surface area (TPSA) is 40.5 Å². The van der Waals surface area contributed by atoms with E-state index in [2.05, 4.69) is 0 Å². The molecule has 0 aliphatic rings. The van der Waals surface area contributed by atoms with Crippen molar-refractivity contribution >= 4 is 12.4 Å². The number of rotatable bonds is 5. The number of hydrogen-bond acceptors (Lipinski definition) is 3. The minimum Gasteiger partial charge on any atom is -0.318 e. The number of hydrogen-bond donors (Lipinski definition) is 1. The summed E-state index contributed by atoms with van der Waals surface area (Å²) in [6.07, 6.45) is 0.401. The zero-order valence-corrected chi connectivity index (χ0v) is 16.1. The summed E-state index contributed by atoms with van der Waals surface area (Å²) in [4.78, 5) is 0. The molecule has 0 unspecified atom stereocenters. The lowest BCUT2D eigenvalue weighted by molar-refractivity contribution is -0.0974. The Balaban J connectivity index is 2.54. The van der Waals surface area contributed by atoms with Crippen LogP contribution >= 0.6 is 7.14 Å². The molecule has 3 nitrogen and oxygen atoms in total. The quantitative estimate of drug-likeness (QED) is 0.622. The molecule has 0 aromatic heterocycles. The van der Waals surface area contributed by atoms with E-state index in [0.29, 0.717) is 6.16 Å². The standard InChI is InChI=1S/C20H28NO2P/c1-16-11-9-10-14-19(16)24(23,20(2,3)4)15-18(21(5)22)17-12-7-6-8-13-17/h6-14,18,22H,15H2,1-5H3/t18-,24-/m0/s1. The van der Waals surface area contributed by atoms with Crippen molar-refractivity contribution in [1.29, 1.82) is 0 Å². The molecule has 0 fully saturated rings.